The summed E-state index contributed by atoms with van der Waals surface area (Å²) in [5.74, 6) is -0.134. The summed E-state index contributed by atoms with van der Waals surface area (Å²) in [6.07, 6.45) is 0.810. The molecule has 1 amide bonds. The number of benzene rings is 2. The van der Waals surface area contributed by atoms with Crippen molar-refractivity contribution in [1.82, 2.24) is 9.78 Å². The molecule has 0 aliphatic carbocycles. The third kappa shape index (κ3) is 2.93. The maximum Gasteiger partial charge on any atom is 0.267 e. The number of aromatic nitrogens is 2. The Morgan fingerprint density at radius 3 is 2.43 bits per heavy atom. The van der Waals surface area contributed by atoms with Gasteiger partial charge in [0.25, 0.3) is 11.5 Å². The maximum absolute atomic E-state index is 13.6. The first-order valence-electron chi connectivity index (χ1n) is 9.47. The van der Waals surface area contributed by atoms with E-state index in [2.05, 4.69) is 5.10 Å². The highest BCUT2D eigenvalue weighted by molar-refractivity contribution is 6.00. The molecule has 1 unspecified atom stereocenters. The van der Waals surface area contributed by atoms with Crippen LogP contribution >= 0.6 is 0 Å². The summed E-state index contributed by atoms with van der Waals surface area (Å²) in [7, 11) is 0. The minimum absolute atomic E-state index is 0.0391. The van der Waals surface area contributed by atoms with E-state index in [1.165, 1.54) is 10.7 Å². The fourth-order valence-corrected chi connectivity index (χ4v) is 3.83. The maximum atomic E-state index is 13.6. The lowest BCUT2D eigenvalue weighted by atomic mass is 10.0. The van der Waals surface area contributed by atoms with E-state index in [4.69, 9.17) is 0 Å². The van der Waals surface area contributed by atoms with Crippen LogP contribution in [-0.2, 0) is 16.8 Å². The largest absolute Gasteiger partial charge is 0.307 e. The molecule has 3 aromatic rings. The van der Waals surface area contributed by atoms with Gasteiger partial charge in [-0.2, -0.15) is 5.10 Å². The van der Waals surface area contributed by atoms with Crippen LogP contribution in [0.4, 0.5) is 5.69 Å². The van der Waals surface area contributed by atoms with E-state index in [1.807, 2.05) is 61.5 Å². The fourth-order valence-electron chi connectivity index (χ4n) is 3.83. The second-order valence-electron chi connectivity index (χ2n) is 7.75. The number of rotatable bonds is 3. The standard InChI is InChI=1S/C23H23N3O2/c1-16-15-18-11-7-8-12-20(18)25(16)22(28)23(2,3)26-21(27)14-13-19(24-26)17-9-5-4-6-10-17/h4-14,16H,15H2,1-3H3. The van der Waals surface area contributed by atoms with Crippen LogP contribution in [-0.4, -0.2) is 21.7 Å². The van der Waals surface area contributed by atoms with Crippen LogP contribution in [0.5, 0.6) is 0 Å². The zero-order chi connectivity index (χ0) is 19.9. The van der Waals surface area contributed by atoms with Crippen molar-refractivity contribution in [3.63, 3.8) is 0 Å². The van der Waals surface area contributed by atoms with Crippen LogP contribution in [0, 0.1) is 0 Å². The number of carbonyl (C=O) groups excluding carboxylic acids is 1. The summed E-state index contributed by atoms with van der Waals surface area (Å²) in [4.78, 5) is 28.0. The van der Waals surface area contributed by atoms with Gasteiger partial charge in [0.15, 0.2) is 0 Å². The molecule has 0 N–H and O–H groups in total. The molecule has 0 bridgehead atoms. The number of para-hydroxylation sites is 1. The van der Waals surface area contributed by atoms with E-state index >= 15 is 0 Å². The van der Waals surface area contributed by atoms with E-state index in [0.717, 1.165) is 23.2 Å². The van der Waals surface area contributed by atoms with Gasteiger partial charge in [0, 0.05) is 23.4 Å². The predicted octanol–water partition coefficient (Wildman–Crippen LogP) is 3.62. The molecule has 1 atom stereocenters. The number of carbonyl (C=O) groups is 1. The van der Waals surface area contributed by atoms with Gasteiger partial charge in [-0.25, -0.2) is 4.68 Å². The molecule has 0 saturated carbocycles. The Hall–Kier alpha value is -3.21. The summed E-state index contributed by atoms with van der Waals surface area (Å²) < 4.78 is 1.31. The van der Waals surface area contributed by atoms with Crippen molar-refractivity contribution in [2.24, 2.45) is 0 Å². The summed E-state index contributed by atoms with van der Waals surface area (Å²) >= 11 is 0. The van der Waals surface area contributed by atoms with Gasteiger partial charge in [0.2, 0.25) is 0 Å². The van der Waals surface area contributed by atoms with Crippen LogP contribution < -0.4 is 10.5 Å². The molecule has 5 heteroatoms. The van der Waals surface area contributed by atoms with Crippen LogP contribution in [0.15, 0.2) is 71.5 Å². The van der Waals surface area contributed by atoms with Gasteiger partial charge >= 0.3 is 0 Å². The van der Waals surface area contributed by atoms with E-state index in [-0.39, 0.29) is 17.5 Å². The van der Waals surface area contributed by atoms with Crippen molar-refractivity contribution >= 4 is 11.6 Å². The molecule has 0 saturated heterocycles. The topological polar surface area (TPSA) is 55.2 Å². The first-order valence-corrected chi connectivity index (χ1v) is 9.47. The molecule has 5 nitrogen and oxygen atoms in total. The van der Waals surface area contributed by atoms with Gasteiger partial charge in [-0.15, -0.1) is 0 Å². The van der Waals surface area contributed by atoms with Crippen LogP contribution in [0.2, 0.25) is 0 Å². The Morgan fingerprint density at radius 1 is 1.00 bits per heavy atom. The molecule has 1 aromatic heterocycles. The average molecular weight is 373 g/mol. The van der Waals surface area contributed by atoms with Gasteiger partial charge in [-0.1, -0.05) is 48.5 Å². The zero-order valence-corrected chi connectivity index (χ0v) is 16.3. The van der Waals surface area contributed by atoms with Crippen molar-refractivity contribution in [2.45, 2.75) is 38.8 Å². The summed E-state index contributed by atoms with van der Waals surface area (Å²) in [6.45, 7) is 5.54. The molecule has 1 aliphatic rings. The van der Waals surface area contributed by atoms with Crippen LogP contribution in [0.25, 0.3) is 11.3 Å². The zero-order valence-electron chi connectivity index (χ0n) is 16.3. The monoisotopic (exact) mass is 373 g/mol. The van der Waals surface area contributed by atoms with Crippen LogP contribution in [0.3, 0.4) is 0 Å². The molecule has 2 heterocycles. The molecule has 0 radical (unpaired) electrons. The van der Waals surface area contributed by atoms with Crippen molar-refractivity contribution in [3.05, 3.63) is 82.6 Å². The molecule has 4 rings (SSSR count). The Morgan fingerprint density at radius 2 is 1.68 bits per heavy atom. The first kappa shape index (κ1) is 18.2. The SMILES string of the molecule is CC1Cc2ccccc2N1C(=O)C(C)(C)n1nc(-c2ccccc2)ccc1=O. The highest BCUT2D eigenvalue weighted by atomic mass is 16.2. The Labute approximate surface area is 164 Å². The highest BCUT2D eigenvalue weighted by Gasteiger charge is 2.41. The summed E-state index contributed by atoms with van der Waals surface area (Å²) in [5.41, 5.74) is 2.22. The predicted molar refractivity (Wildman–Crippen MR) is 110 cm³/mol. The molecule has 28 heavy (non-hydrogen) atoms. The van der Waals surface area contributed by atoms with E-state index in [1.54, 1.807) is 24.8 Å². The van der Waals surface area contributed by atoms with E-state index < -0.39 is 5.54 Å². The molecule has 0 fully saturated rings. The Bertz CT molecular complexity index is 1090. The number of hydrogen-bond donors (Lipinski definition) is 0. The molecule has 142 valence electrons. The third-order valence-electron chi connectivity index (χ3n) is 5.35. The normalized spacial score (nSPS) is 16.1. The van der Waals surface area contributed by atoms with Crippen LogP contribution in [0.1, 0.15) is 26.3 Å². The second kappa shape index (κ2) is 6.75. The quantitative estimate of drug-likeness (QED) is 0.705. The summed E-state index contributed by atoms with van der Waals surface area (Å²) in [5, 5.41) is 4.54. The van der Waals surface area contributed by atoms with Gasteiger partial charge in [0.1, 0.15) is 5.54 Å². The Balaban J connectivity index is 1.76. The number of anilines is 1. The van der Waals surface area contributed by atoms with Gasteiger partial charge < -0.3 is 4.90 Å². The van der Waals surface area contributed by atoms with Crippen molar-refractivity contribution < 1.29 is 4.79 Å². The number of nitrogens with zero attached hydrogens (tertiary/aromatic N) is 3. The third-order valence-corrected chi connectivity index (χ3v) is 5.35. The van der Waals surface area contributed by atoms with Gasteiger partial charge in [-0.3, -0.25) is 9.59 Å². The van der Waals surface area contributed by atoms with Crippen molar-refractivity contribution in [3.8, 4) is 11.3 Å². The number of amides is 1. The van der Waals surface area contributed by atoms with E-state index in [0.29, 0.717) is 5.69 Å². The number of fused-ring (bicyclic) bond motifs is 1. The minimum Gasteiger partial charge on any atom is -0.307 e. The lowest BCUT2D eigenvalue weighted by Gasteiger charge is -2.33. The molecular formula is C23H23N3O2. The minimum atomic E-state index is -1.12. The van der Waals surface area contributed by atoms with E-state index in [9.17, 15) is 9.59 Å². The highest BCUT2D eigenvalue weighted by Crippen LogP contribution is 2.34. The second-order valence-corrected chi connectivity index (χ2v) is 7.75. The smallest absolute Gasteiger partial charge is 0.267 e. The first-order chi connectivity index (χ1) is 13.4. The van der Waals surface area contributed by atoms with Gasteiger partial charge in [-0.05, 0) is 44.9 Å². The Kier molecular flexibility index (Phi) is 4.38. The lowest BCUT2D eigenvalue weighted by Crippen LogP contribution is -2.53. The molecule has 1 aliphatic heterocycles. The summed E-state index contributed by atoms with van der Waals surface area (Å²) in [6, 6.07) is 20.8. The van der Waals surface area contributed by atoms with Crippen molar-refractivity contribution in [1.29, 1.82) is 0 Å². The average Bonchev–Trinajstić information content (AvgIpc) is 3.03. The van der Waals surface area contributed by atoms with Gasteiger partial charge in [0.05, 0.1) is 5.69 Å². The van der Waals surface area contributed by atoms with Crippen molar-refractivity contribution in [2.75, 3.05) is 4.90 Å². The fraction of sp³-hybridized carbons (Fsp3) is 0.261. The number of hydrogen-bond acceptors (Lipinski definition) is 3. The molecule has 2 aromatic carbocycles. The molecule has 0 spiro atoms. The lowest BCUT2D eigenvalue weighted by molar-refractivity contribution is -0.126. The molecular weight excluding hydrogens is 350 g/mol.